The molecule has 0 fully saturated rings. The van der Waals surface area contributed by atoms with Gasteiger partial charge in [-0.1, -0.05) is 127 Å². The van der Waals surface area contributed by atoms with Crippen molar-refractivity contribution in [2.45, 2.75) is 0 Å². The summed E-state index contributed by atoms with van der Waals surface area (Å²) in [7, 11) is 0. The van der Waals surface area contributed by atoms with Crippen LogP contribution in [0.3, 0.4) is 0 Å². The lowest BCUT2D eigenvalue weighted by Crippen LogP contribution is -2.30. The van der Waals surface area contributed by atoms with Crippen LogP contribution < -0.4 is 10.9 Å². The molecule has 6 aromatic rings. The van der Waals surface area contributed by atoms with E-state index in [2.05, 4.69) is 85.9 Å². The van der Waals surface area contributed by atoms with Gasteiger partial charge in [0.1, 0.15) is 0 Å². The summed E-state index contributed by atoms with van der Waals surface area (Å²) >= 11 is 0. The first-order valence-electron chi connectivity index (χ1n) is 13.0. The molecule has 0 aliphatic carbocycles. The normalized spacial score (nSPS) is 11.7. The zero-order chi connectivity index (χ0) is 27.0. The van der Waals surface area contributed by atoms with E-state index in [9.17, 15) is 0 Å². The Hall–Kier alpha value is -5.62. The minimum Gasteiger partial charge on any atom is -0.244 e. The Bertz CT molecular complexity index is 1810. The lowest BCUT2D eigenvalue weighted by Gasteiger charge is -2.05. The highest BCUT2D eigenvalue weighted by molar-refractivity contribution is 6.02. The number of rotatable bonds is 6. The Morgan fingerprint density at radius 1 is 0.425 bits per heavy atom. The predicted molar refractivity (Wildman–Crippen MR) is 168 cm³/mol. The quantitative estimate of drug-likeness (QED) is 0.140. The first-order chi connectivity index (χ1) is 19.8. The van der Waals surface area contributed by atoms with E-state index in [1.807, 2.05) is 72.8 Å². The zero-order valence-corrected chi connectivity index (χ0v) is 21.6. The van der Waals surface area contributed by atoms with Crippen molar-refractivity contribution < 1.29 is 0 Å². The van der Waals surface area contributed by atoms with E-state index in [1.165, 1.54) is 0 Å². The van der Waals surface area contributed by atoms with Crippen LogP contribution in [0.2, 0.25) is 0 Å². The number of benzene rings is 6. The second kappa shape index (κ2) is 11.8. The Balaban J connectivity index is 1.26. The second-order valence-corrected chi connectivity index (χ2v) is 9.14. The summed E-state index contributed by atoms with van der Waals surface area (Å²) in [5.74, 6) is 0.282. The topological polar surface area (TPSA) is 73.5 Å². The second-order valence-electron chi connectivity index (χ2n) is 9.14. The number of hydrogen-bond donors (Lipinski definition) is 2. The van der Waals surface area contributed by atoms with Gasteiger partial charge < -0.3 is 0 Å². The fourth-order valence-corrected chi connectivity index (χ4v) is 4.63. The molecule has 40 heavy (non-hydrogen) atoms. The molecule has 0 aromatic heterocycles. The van der Waals surface area contributed by atoms with Gasteiger partial charge in [-0.25, -0.2) is 10.9 Å². The highest BCUT2D eigenvalue weighted by Gasteiger charge is 2.01. The molecule has 0 bridgehead atoms. The fourth-order valence-electron chi connectivity index (χ4n) is 4.63. The van der Waals surface area contributed by atoms with Crippen LogP contribution in [0.15, 0.2) is 148 Å². The molecule has 192 valence electrons. The number of guanidine groups is 1. The van der Waals surface area contributed by atoms with Crippen LogP contribution in [0.25, 0.3) is 32.3 Å². The van der Waals surface area contributed by atoms with Gasteiger partial charge >= 0.3 is 0 Å². The van der Waals surface area contributed by atoms with Gasteiger partial charge in [-0.15, -0.1) is 5.10 Å². The molecule has 0 heterocycles. The standard InChI is InChI=1S/C34H26N6/c1-4-19-31-25(10-1)13-7-16-28(31)22-35-38-34(39-36-23-29-17-8-14-26-11-2-5-20-32(26)29)40-37-24-30-18-9-15-27-12-3-6-21-33(27)30/h1-24H,(H2,38,39,40). The third kappa shape index (κ3) is 5.61. The molecular formula is C34H26N6. The maximum absolute atomic E-state index is 4.43. The van der Waals surface area contributed by atoms with E-state index in [0.717, 1.165) is 49.0 Å². The molecule has 6 aromatic carbocycles. The van der Waals surface area contributed by atoms with Crippen LogP contribution in [-0.2, 0) is 0 Å². The van der Waals surface area contributed by atoms with Crippen molar-refractivity contribution in [2.75, 3.05) is 0 Å². The lowest BCUT2D eigenvalue weighted by atomic mass is 10.1. The molecule has 0 radical (unpaired) electrons. The number of nitrogens with one attached hydrogen (secondary N) is 2. The van der Waals surface area contributed by atoms with Crippen LogP contribution in [0.5, 0.6) is 0 Å². The van der Waals surface area contributed by atoms with Crippen molar-refractivity contribution in [1.82, 2.24) is 10.9 Å². The molecule has 6 heteroatoms. The molecule has 0 spiro atoms. The van der Waals surface area contributed by atoms with Crippen LogP contribution in [-0.4, -0.2) is 24.6 Å². The van der Waals surface area contributed by atoms with Gasteiger partial charge in [0, 0.05) is 16.7 Å². The van der Waals surface area contributed by atoms with E-state index in [1.54, 1.807) is 18.6 Å². The van der Waals surface area contributed by atoms with E-state index >= 15 is 0 Å². The molecule has 6 nitrogen and oxygen atoms in total. The van der Waals surface area contributed by atoms with Crippen molar-refractivity contribution in [2.24, 2.45) is 20.4 Å². The molecule has 0 saturated heterocycles. The Labute approximate surface area is 232 Å². The minimum atomic E-state index is 0.282. The summed E-state index contributed by atoms with van der Waals surface area (Å²) < 4.78 is 0. The summed E-state index contributed by atoms with van der Waals surface area (Å²) in [4.78, 5) is 0. The largest absolute Gasteiger partial charge is 0.257 e. The molecular weight excluding hydrogens is 492 g/mol. The van der Waals surface area contributed by atoms with Gasteiger partial charge in [-0.2, -0.15) is 15.3 Å². The smallest absolute Gasteiger partial charge is 0.244 e. The molecule has 0 saturated carbocycles. The maximum Gasteiger partial charge on any atom is 0.257 e. The van der Waals surface area contributed by atoms with Crippen molar-refractivity contribution in [3.8, 4) is 0 Å². The monoisotopic (exact) mass is 518 g/mol. The highest BCUT2D eigenvalue weighted by atomic mass is 15.5. The van der Waals surface area contributed by atoms with E-state index in [0.29, 0.717) is 0 Å². The lowest BCUT2D eigenvalue weighted by molar-refractivity contribution is 0.890. The molecule has 0 aliphatic rings. The highest BCUT2D eigenvalue weighted by Crippen LogP contribution is 2.18. The zero-order valence-electron chi connectivity index (χ0n) is 21.6. The first-order valence-corrected chi connectivity index (χ1v) is 13.0. The van der Waals surface area contributed by atoms with Gasteiger partial charge in [-0.05, 0) is 32.3 Å². The average Bonchev–Trinajstić information content (AvgIpc) is 3.01. The minimum absolute atomic E-state index is 0.282. The summed E-state index contributed by atoms with van der Waals surface area (Å²) in [5, 5.41) is 24.3. The van der Waals surface area contributed by atoms with Crippen molar-refractivity contribution >= 4 is 56.9 Å². The van der Waals surface area contributed by atoms with Crippen LogP contribution in [0.1, 0.15) is 16.7 Å². The van der Waals surface area contributed by atoms with Crippen molar-refractivity contribution in [1.29, 1.82) is 0 Å². The van der Waals surface area contributed by atoms with E-state index in [-0.39, 0.29) is 5.96 Å². The summed E-state index contributed by atoms with van der Waals surface area (Å²) in [5.41, 5.74) is 8.87. The van der Waals surface area contributed by atoms with Gasteiger partial charge in [0.05, 0.1) is 18.6 Å². The molecule has 0 aliphatic heterocycles. The Kier molecular flexibility index (Phi) is 7.31. The molecule has 0 unspecified atom stereocenters. The number of nitrogens with zero attached hydrogens (tertiary/aromatic N) is 4. The molecule has 0 amide bonds. The van der Waals surface area contributed by atoms with Crippen molar-refractivity contribution in [3.05, 3.63) is 144 Å². The van der Waals surface area contributed by atoms with Crippen LogP contribution in [0.4, 0.5) is 0 Å². The van der Waals surface area contributed by atoms with Gasteiger partial charge in [0.15, 0.2) is 0 Å². The van der Waals surface area contributed by atoms with Crippen molar-refractivity contribution in [3.63, 3.8) is 0 Å². The fraction of sp³-hybridized carbons (Fsp3) is 0. The number of hydrogen-bond acceptors (Lipinski definition) is 4. The molecule has 0 atom stereocenters. The van der Waals surface area contributed by atoms with Gasteiger partial charge in [0.25, 0.3) is 5.96 Å². The van der Waals surface area contributed by atoms with Crippen LogP contribution in [0, 0.1) is 0 Å². The van der Waals surface area contributed by atoms with Crippen LogP contribution >= 0.6 is 0 Å². The summed E-state index contributed by atoms with van der Waals surface area (Å²) in [6.45, 7) is 0. The summed E-state index contributed by atoms with van der Waals surface area (Å²) in [6.07, 6.45) is 5.26. The first kappa shape index (κ1) is 24.7. The van der Waals surface area contributed by atoms with Gasteiger partial charge in [-0.3, -0.25) is 0 Å². The molecule has 6 rings (SSSR count). The number of hydrazone groups is 2. The van der Waals surface area contributed by atoms with E-state index < -0.39 is 0 Å². The molecule has 2 N–H and O–H groups in total. The average molecular weight is 519 g/mol. The summed E-state index contributed by atoms with van der Waals surface area (Å²) in [6, 6.07) is 42.9. The maximum atomic E-state index is 4.43. The number of fused-ring (bicyclic) bond motifs is 3. The predicted octanol–water partition coefficient (Wildman–Crippen LogP) is 7.08. The Morgan fingerprint density at radius 3 is 1.25 bits per heavy atom. The third-order valence-electron chi connectivity index (χ3n) is 6.57. The van der Waals surface area contributed by atoms with Gasteiger partial charge in [0.2, 0.25) is 0 Å². The third-order valence-corrected chi connectivity index (χ3v) is 6.57. The SMILES string of the molecule is C(=NN=C(NN=Cc1cccc2ccccc12)NN=Cc1cccc2ccccc12)c1cccc2ccccc12. The Morgan fingerprint density at radius 2 is 0.800 bits per heavy atom. The van der Waals surface area contributed by atoms with E-state index in [4.69, 9.17) is 0 Å².